The Bertz CT molecular complexity index is 976. The van der Waals surface area contributed by atoms with E-state index in [2.05, 4.69) is 11.8 Å². The second-order valence-electron chi connectivity index (χ2n) is 7.80. The van der Waals surface area contributed by atoms with Crippen LogP contribution in [0, 0.1) is 30.1 Å². The molecule has 2 aromatic rings. The molecule has 8 heteroatoms. The van der Waals surface area contributed by atoms with Gasteiger partial charge in [0.25, 0.3) is 0 Å². The number of benzene rings is 2. The molecule has 35 heavy (non-hydrogen) atoms. The van der Waals surface area contributed by atoms with Crippen molar-refractivity contribution in [1.29, 1.82) is 0 Å². The molecular weight excluding hydrogens is 484 g/mol. The SMILES string of the molecule is C#Cc1ccc(COC(=O)C(CO)(COCSSC(C)C)C(=O)OCc2ccc(C#C)cc2)cc1. The van der Waals surface area contributed by atoms with Gasteiger partial charge < -0.3 is 19.3 Å². The van der Waals surface area contributed by atoms with E-state index >= 15 is 0 Å². The van der Waals surface area contributed by atoms with Crippen LogP contribution in [0.4, 0.5) is 0 Å². The van der Waals surface area contributed by atoms with Crippen molar-refractivity contribution in [3.8, 4) is 24.7 Å². The molecule has 0 amide bonds. The Hall–Kier alpha value is -2.88. The number of terminal acetylenes is 2. The van der Waals surface area contributed by atoms with Crippen molar-refractivity contribution in [2.75, 3.05) is 19.2 Å². The van der Waals surface area contributed by atoms with Crippen LogP contribution in [0.1, 0.15) is 36.1 Å². The molecule has 0 aliphatic rings. The lowest BCUT2D eigenvalue weighted by atomic mass is 9.90. The molecule has 0 fully saturated rings. The molecule has 0 spiro atoms. The minimum absolute atomic E-state index is 0.107. The van der Waals surface area contributed by atoms with E-state index in [0.717, 1.165) is 0 Å². The summed E-state index contributed by atoms with van der Waals surface area (Å²) in [5, 5.41) is 10.5. The topological polar surface area (TPSA) is 82.1 Å². The van der Waals surface area contributed by atoms with Gasteiger partial charge in [0.2, 0.25) is 5.41 Å². The number of hydrogen-bond acceptors (Lipinski definition) is 8. The van der Waals surface area contributed by atoms with Crippen LogP contribution in [0.25, 0.3) is 0 Å². The van der Waals surface area contributed by atoms with E-state index in [-0.39, 0.29) is 25.8 Å². The maximum atomic E-state index is 13.1. The Kier molecular flexibility index (Phi) is 11.8. The number of esters is 2. The van der Waals surface area contributed by atoms with E-state index in [4.69, 9.17) is 27.1 Å². The van der Waals surface area contributed by atoms with Crippen LogP contribution in [0.3, 0.4) is 0 Å². The van der Waals surface area contributed by atoms with E-state index in [0.29, 0.717) is 27.5 Å². The zero-order valence-corrected chi connectivity index (χ0v) is 21.3. The Morgan fingerprint density at radius 1 is 0.914 bits per heavy atom. The lowest BCUT2D eigenvalue weighted by Crippen LogP contribution is -2.48. The molecule has 0 aromatic heterocycles. The zero-order chi connectivity index (χ0) is 25.7. The van der Waals surface area contributed by atoms with E-state index < -0.39 is 24.0 Å². The number of hydrogen-bond donors (Lipinski definition) is 1. The third-order valence-corrected chi connectivity index (χ3v) is 7.41. The molecule has 0 saturated carbocycles. The van der Waals surface area contributed by atoms with Gasteiger partial charge in [0.15, 0.2) is 0 Å². The number of aliphatic hydroxyl groups excluding tert-OH is 1. The van der Waals surface area contributed by atoms with Gasteiger partial charge in [-0.15, -0.1) is 12.8 Å². The van der Waals surface area contributed by atoms with Crippen LogP contribution in [0.5, 0.6) is 0 Å². The maximum absolute atomic E-state index is 13.1. The van der Waals surface area contributed by atoms with Crippen LogP contribution >= 0.6 is 21.6 Å². The highest BCUT2D eigenvalue weighted by Gasteiger charge is 2.49. The summed E-state index contributed by atoms with van der Waals surface area (Å²) in [4.78, 5) is 26.1. The quantitative estimate of drug-likeness (QED) is 0.107. The molecule has 2 rings (SSSR count). The molecule has 184 valence electrons. The van der Waals surface area contributed by atoms with Gasteiger partial charge in [0.1, 0.15) is 19.2 Å². The standard InChI is InChI=1S/C27H28O6S2/c1-5-21-7-11-23(12-8-21)15-32-25(29)27(17-28,18-31-19-34-35-20(3)4)26(30)33-16-24-13-9-22(6-2)10-14-24/h1-2,7-14,20,28H,15-19H2,3-4H3. The van der Waals surface area contributed by atoms with Crippen LogP contribution in [-0.4, -0.2) is 41.4 Å². The summed E-state index contributed by atoms with van der Waals surface area (Å²) in [5.41, 5.74) is 0.704. The number of carbonyl (C=O) groups is 2. The van der Waals surface area contributed by atoms with Crippen molar-refractivity contribution in [1.82, 2.24) is 0 Å². The highest BCUT2D eigenvalue weighted by atomic mass is 33.1. The van der Waals surface area contributed by atoms with Crippen molar-refractivity contribution in [2.24, 2.45) is 5.41 Å². The lowest BCUT2D eigenvalue weighted by molar-refractivity contribution is -0.182. The first-order chi connectivity index (χ1) is 16.8. The third-order valence-electron chi connectivity index (χ3n) is 4.77. The molecule has 2 aromatic carbocycles. The molecule has 0 atom stereocenters. The van der Waals surface area contributed by atoms with Gasteiger partial charge in [-0.3, -0.25) is 9.59 Å². The molecule has 0 aliphatic carbocycles. The van der Waals surface area contributed by atoms with Gasteiger partial charge in [0.05, 0.1) is 13.2 Å². The molecule has 6 nitrogen and oxygen atoms in total. The summed E-state index contributed by atoms with van der Waals surface area (Å²) >= 11 is 0. The molecule has 0 bridgehead atoms. The molecule has 1 N–H and O–H groups in total. The van der Waals surface area contributed by atoms with Crippen LogP contribution in [-0.2, 0) is 37.0 Å². The molecule has 0 aliphatic heterocycles. The Balaban J connectivity index is 2.11. The first kappa shape index (κ1) is 28.4. The third kappa shape index (κ3) is 8.69. The van der Waals surface area contributed by atoms with Gasteiger partial charge in [0, 0.05) is 16.4 Å². The highest BCUT2D eigenvalue weighted by Crippen LogP contribution is 2.29. The number of ether oxygens (including phenoxy) is 3. The van der Waals surface area contributed by atoms with Crippen molar-refractivity contribution in [2.45, 2.75) is 32.3 Å². The fraction of sp³-hybridized carbons (Fsp3) is 0.333. The van der Waals surface area contributed by atoms with Crippen LogP contribution < -0.4 is 0 Å². The van der Waals surface area contributed by atoms with E-state index in [1.165, 1.54) is 10.8 Å². The maximum Gasteiger partial charge on any atom is 0.328 e. The average Bonchev–Trinajstić information content (AvgIpc) is 2.88. The first-order valence-corrected chi connectivity index (χ1v) is 13.1. The number of carbonyl (C=O) groups excluding carboxylic acids is 2. The number of aliphatic hydroxyl groups is 1. The number of rotatable bonds is 13. The molecular formula is C27H28O6S2. The van der Waals surface area contributed by atoms with Crippen molar-refractivity contribution < 1.29 is 28.9 Å². The normalized spacial score (nSPS) is 10.9. The zero-order valence-electron chi connectivity index (χ0n) is 19.7. The summed E-state index contributed by atoms with van der Waals surface area (Å²) in [6, 6.07) is 13.7. The Morgan fingerprint density at radius 3 is 1.74 bits per heavy atom. The van der Waals surface area contributed by atoms with Crippen molar-refractivity contribution in [3.63, 3.8) is 0 Å². The second-order valence-corrected chi connectivity index (χ2v) is 10.7. The fourth-order valence-electron chi connectivity index (χ4n) is 2.76. The smallest absolute Gasteiger partial charge is 0.328 e. The van der Waals surface area contributed by atoms with E-state index in [9.17, 15) is 14.7 Å². The van der Waals surface area contributed by atoms with Crippen LogP contribution in [0.15, 0.2) is 48.5 Å². The fourth-order valence-corrected chi connectivity index (χ4v) is 4.42. The largest absolute Gasteiger partial charge is 0.460 e. The monoisotopic (exact) mass is 512 g/mol. The Morgan fingerprint density at radius 2 is 1.37 bits per heavy atom. The molecule has 0 heterocycles. The molecule has 0 radical (unpaired) electrons. The summed E-state index contributed by atoms with van der Waals surface area (Å²) in [7, 11) is 3.04. The van der Waals surface area contributed by atoms with E-state index in [1.807, 2.05) is 13.8 Å². The summed E-state index contributed by atoms with van der Waals surface area (Å²) in [6.45, 7) is 2.64. The molecule has 0 saturated heterocycles. The summed E-state index contributed by atoms with van der Waals surface area (Å²) in [6.07, 6.45) is 10.7. The van der Waals surface area contributed by atoms with Gasteiger partial charge in [-0.2, -0.15) is 0 Å². The van der Waals surface area contributed by atoms with Crippen molar-refractivity contribution >= 4 is 33.5 Å². The van der Waals surface area contributed by atoms with Crippen LogP contribution in [0.2, 0.25) is 0 Å². The average molecular weight is 513 g/mol. The lowest BCUT2D eigenvalue weighted by Gasteiger charge is -2.27. The highest BCUT2D eigenvalue weighted by molar-refractivity contribution is 8.76. The van der Waals surface area contributed by atoms with Crippen molar-refractivity contribution in [3.05, 3.63) is 70.8 Å². The van der Waals surface area contributed by atoms with E-state index in [1.54, 1.807) is 59.3 Å². The summed E-state index contributed by atoms with van der Waals surface area (Å²) < 4.78 is 16.4. The van der Waals surface area contributed by atoms with Gasteiger partial charge >= 0.3 is 11.9 Å². The summed E-state index contributed by atoms with van der Waals surface area (Å²) in [5.74, 6) is 3.36. The minimum Gasteiger partial charge on any atom is -0.460 e. The Labute approximate surface area is 214 Å². The van der Waals surface area contributed by atoms with Gasteiger partial charge in [-0.05, 0) is 35.4 Å². The first-order valence-electron chi connectivity index (χ1n) is 10.8. The predicted molar refractivity (Wildman–Crippen MR) is 139 cm³/mol. The minimum atomic E-state index is -2.03. The second kappa shape index (κ2) is 14.5. The molecule has 0 unspecified atom stereocenters. The predicted octanol–water partition coefficient (Wildman–Crippen LogP) is 4.18. The van der Waals surface area contributed by atoms with Gasteiger partial charge in [-0.1, -0.05) is 71.5 Å². The van der Waals surface area contributed by atoms with Gasteiger partial charge in [-0.25, -0.2) is 0 Å².